The van der Waals surface area contributed by atoms with E-state index in [1.54, 1.807) is 13.8 Å². The van der Waals surface area contributed by atoms with Gasteiger partial charge in [0.15, 0.2) is 0 Å². The van der Waals surface area contributed by atoms with Crippen molar-refractivity contribution in [2.24, 2.45) is 11.1 Å². The zero-order valence-electron chi connectivity index (χ0n) is 10.7. The van der Waals surface area contributed by atoms with Gasteiger partial charge >= 0.3 is 5.97 Å². The zero-order valence-corrected chi connectivity index (χ0v) is 10.7. The molecule has 0 heterocycles. The highest BCUT2D eigenvalue weighted by Crippen LogP contribution is 2.14. The third-order valence-corrected chi connectivity index (χ3v) is 1.98. The number of amides is 1. The van der Waals surface area contributed by atoms with Gasteiger partial charge in [0.05, 0.1) is 12.1 Å². The van der Waals surface area contributed by atoms with Gasteiger partial charge in [0.2, 0.25) is 5.91 Å². The minimum atomic E-state index is -0.891. The number of hydrogen-bond donors (Lipinski definition) is 2. The first-order valence-electron chi connectivity index (χ1n) is 5.25. The first-order valence-corrected chi connectivity index (χ1v) is 5.25. The van der Waals surface area contributed by atoms with Crippen LogP contribution in [0.4, 0.5) is 0 Å². The number of carbonyl (C=O) groups excluding carboxylic acids is 2. The second-order valence-corrected chi connectivity index (χ2v) is 5.35. The third-order valence-electron chi connectivity index (χ3n) is 1.98. The molecule has 1 amide bonds. The molecule has 5 heteroatoms. The van der Waals surface area contributed by atoms with Crippen molar-refractivity contribution < 1.29 is 14.3 Å². The number of hydrogen-bond acceptors (Lipinski definition) is 4. The lowest BCUT2D eigenvalue weighted by atomic mass is 9.94. The van der Waals surface area contributed by atoms with Crippen molar-refractivity contribution in [2.45, 2.75) is 40.2 Å². The molecule has 0 aromatic heterocycles. The number of rotatable bonds is 5. The number of carbonyl (C=O) groups is 2. The molecule has 0 aliphatic heterocycles. The van der Waals surface area contributed by atoms with E-state index in [1.807, 2.05) is 13.8 Å². The summed E-state index contributed by atoms with van der Waals surface area (Å²) in [5.74, 6) is -0.540. The summed E-state index contributed by atoms with van der Waals surface area (Å²) in [5.41, 5.74) is 4.44. The van der Waals surface area contributed by atoms with Gasteiger partial charge in [-0.2, -0.15) is 0 Å². The molecule has 16 heavy (non-hydrogen) atoms. The van der Waals surface area contributed by atoms with E-state index in [4.69, 9.17) is 10.5 Å². The maximum absolute atomic E-state index is 11.5. The molecule has 94 valence electrons. The van der Waals surface area contributed by atoms with Crippen molar-refractivity contribution in [3.05, 3.63) is 0 Å². The molecule has 0 unspecified atom stereocenters. The molecule has 3 N–H and O–H groups in total. The molecular weight excluding hydrogens is 208 g/mol. The van der Waals surface area contributed by atoms with Gasteiger partial charge in [-0.3, -0.25) is 9.59 Å². The van der Waals surface area contributed by atoms with Crippen LogP contribution in [0, 0.1) is 5.41 Å². The molecule has 0 bridgehead atoms. The Balaban J connectivity index is 4.08. The van der Waals surface area contributed by atoms with Crippen molar-refractivity contribution in [3.8, 4) is 0 Å². The molecule has 0 fully saturated rings. The molecule has 0 rings (SSSR count). The van der Waals surface area contributed by atoms with E-state index in [-0.39, 0.29) is 23.9 Å². The summed E-state index contributed by atoms with van der Waals surface area (Å²) in [6, 6.07) is 0. The molecule has 0 saturated carbocycles. The van der Waals surface area contributed by atoms with Gasteiger partial charge in [-0.25, -0.2) is 0 Å². The van der Waals surface area contributed by atoms with Crippen LogP contribution in [0.2, 0.25) is 0 Å². The number of nitrogens with two attached hydrogens (primary N) is 1. The van der Waals surface area contributed by atoms with Crippen LogP contribution >= 0.6 is 0 Å². The molecule has 0 radical (unpaired) electrons. The van der Waals surface area contributed by atoms with Crippen LogP contribution in [0.1, 0.15) is 34.6 Å². The summed E-state index contributed by atoms with van der Waals surface area (Å²) in [5, 5.41) is 2.73. The van der Waals surface area contributed by atoms with Crippen molar-refractivity contribution >= 4 is 11.9 Å². The molecule has 0 saturated heterocycles. The van der Waals surface area contributed by atoms with E-state index in [2.05, 4.69) is 5.32 Å². The Kier molecular flexibility index (Phi) is 4.93. The third kappa shape index (κ3) is 6.40. The molecule has 0 aliphatic rings. The maximum Gasteiger partial charge on any atom is 0.302 e. The summed E-state index contributed by atoms with van der Waals surface area (Å²) >= 11 is 0. The fourth-order valence-electron chi connectivity index (χ4n) is 0.895. The Hall–Kier alpha value is -1.10. The van der Waals surface area contributed by atoms with Gasteiger partial charge in [0.1, 0.15) is 0 Å². The normalized spacial score (nSPS) is 12.1. The van der Waals surface area contributed by atoms with Crippen LogP contribution in [0.25, 0.3) is 0 Å². The second-order valence-electron chi connectivity index (χ2n) is 5.35. The molecule has 0 atom stereocenters. The minimum absolute atomic E-state index is 0.219. The SMILES string of the molecule is CC(=O)OCC(C)(C)CNC(=O)C(C)(C)N. The molecule has 0 aromatic carbocycles. The number of nitrogens with one attached hydrogen (secondary N) is 1. The highest BCUT2D eigenvalue weighted by atomic mass is 16.5. The van der Waals surface area contributed by atoms with Crippen LogP contribution in [0.3, 0.4) is 0 Å². The van der Waals surface area contributed by atoms with Crippen LogP contribution in [0.5, 0.6) is 0 Å². The smallest absolute Gasteiger partial charge is 0.302 e. The van der Waals surface area contributed by atoms with Crippen molar-refractivity contribution in [3.63, 3.8) is 0 Å². The summed E-state index contributed by atoms with van der Waals surface area (Å²) in [6.45, 7) is 9.13. The Morgan fingerprint density at radius 2 is 1.75 bits per heavy atom. The summed E-state index contributed by atoms with van der Waals surface area (Å²) in [6.07, 6.45) is 0. The summed E-state index contributed by atoms with van der Waals surface area (Å²) < 4.78 is 4.90. The Morgan fingerprint density at radius 1 is 1.25 bits per heavy atom. The fraction of sp³-hybridized carbons (Fsp3) is 0.818. The fourth-order valence-corrected chi connectivity index (χ4v) is 0.895. The van der Waals surface area contributed by atoms with E-state index in [0.717, 1.165) is 0 Å². The molecule has 5 nitrogen and oxygen atoms in total. The summed E-state index contributed by atoms with van der Waals surface area (Å²) in [4.78, 5) is 22.2. The van der Waals surface area contributed by atoms with Crippen molar-refractivity contribution in [2.75, 3.05) is 13.2 Å². The van der Waals surface area contributed by atoms with Crippen LogP contribution in [0.15, 0.2) is 0 Å². The Morgan fingerprint density at radius 3 is 2.12 bits per heavy atom. The highest BCUT2D eigenvalue weighted by molar-refractivity contribution is 5.85. The lowest BCUT2D eigenvalue weighted by Gasteiger charge is -2.26. The molecule has 0 aromatic rings. The average Bonchev–Trinajstić information content (AvgIpc) is 2.10. The molecule has 0 spiro atoms. The molecule has 0 aliphatic carbocycles. The van der Waals surface area contributed by atoms with E-state index >= 15 is 0 Å². The van der Waals surface area contributed by atoms with Crippen molar-refractivity contribution in [1.82, 2.24) is 5.32 Å². The van der Waals surface area contributed by atoms with E-state index in [0.29, 0.717) is 6.54 Å². The highest BCUT2D eigenvalue weighted by Gasteiger charge is 2.25. The first kappa shape index (κ1) is 14.9. The van der Waals surface area contributed by atoms with Crippen LogP contribution in [-0.4, -0.2) is 30.6 Å². The Labute approximate surface area is 96.7 Å². The predicted molar refractivity (Wildman–Crippen MR) is 61.7 cm³/mol. The topological polar surface area (TPSA) is 81.4 Å². The predicted octanol–water partition coefficient (Wildman–Crippen LogP) is 0.429. The van der Waals surface area contributed by atoms with Gasteiger partial charge in [0, 0.05) is 18.9 Å². The monoisotopic (exact) mass is 230 g/mol. The van der Waals surface area contributed by atoms with E-state index in [1.165, 1.54) is 6.92 Å². The zero-order chi connectivity index (χ0) is 13.0. The van der Waals surface area contributed by atoms with Gasteiger partial charge in [-0.1, -0.05) is 13.8 Å². The van der Waals surface area contributed by atoms with E-state index < -0.39 is 5.54 Å². The molecular formula is C11H22N2O3. The number of esters is 1. The lowest BCUT2D eigenvalue weighted by Crippen LogP contribution is -2.51. The maximum atomic E-state index is 11.5. The average molecular weight is 230 g/mol. The summed E-state index contributed by atoms with van der Waals surface area (Å²) in [7, 11) is 0. The quantitative estimate of drug-likeness (QED) is 0.671. The van der Waals surface area contributed by atoms with Crippen LogP contribution < -0.4 is 11.1 Å². The van der Waals surface area contributed by atoms with Gasteiger partial charge in [-0.05, 0) is 13.8 Å². The minimum Gasteiger partial charge on any atom is -0.465 e. The van der Waals surface area contributed by atoms with Gasteiger partial charge < -0.3 is 15.8 Å². The standard InChI is InChI=1S/C11H22N2O3/c1-8(14)16-7-10(2,3)6-13-9(15)11(4,5)12/h6-7,12H2,1-5H3,(H,13,15). The first-order chi connectivity index (χ1) is 7.04. The van der Waals surface area contributed by atoms with Gasteiger partial charge in [0.25, 0.3) is 0 Å². The Bertz CT molecular complexity index is 267. The largest absolute Gasteiger partial charge is 0.465 e. The van der Waals surface area contributed by atoms with E-state index in [9.17, 15) is 9.59 Å². The lowest BCUT2D eigenvalue weighted by molar-refractivity contribution is -0.143. The van der Waals surface area contributed by atoms with Crippen molar-refractivity contribution in [1.29, 1.82) is 0 Å². The van der Waals surface area contributed by atoms with Gasteiger partial charge in [-0.15, -0.1) is 0 Å². The second kappa shape index (κ2) is 5.30. The number of ether oxygens (including phenoxy) is 1. The van der Waals surface area contributed by atoms with Crippen LogP contribution in [-0.2, 0) is 14.3 Å².